The highest BCUT2D eigenvalue weighted by Gasteiger charge is 2.32. The van der Waals surface area contributed by atoms with Gasteiger partial charge in [-0.15, -0.1) is 5.10 Å². The van der Waals surface area contributed by atoms with Crippen LogP contribution in [0.15, 0.2) is 6.20 Å². The molecule has 1 aromatic rings. The fraction of sp³-hybridized carbons (Fsp3) is 0.810. The van der Waals surface area contributed by atoms with Gasteiger partial charge in [0.05, 0.1) is 5.69 Å². The van der Waals surface area contributed by atoms with E-state index in [1.165, 1.54) is 0 Å². The van der Waals surface area contributed by atoms with Gasteiger partial charge in [-0.05, 0) is 60.3 Å². The van der Waals surface area contributed by atoms with Crippen LogP contribution in [-0.2, 0) is 14.3 Å². The zero-order valence-corrected chi connectivity index (χ0v) is 19.1. The number of piperidine rings is 1. The minimum absolute atomic E-state index is 0.0217. The number of amides is 1. The SMILES string of the molecule is CC(C)[C@@H](C(=O)OC(C)(C)C)n1cc(C2CCN(C(=O)OC(C)(C)C)CC2)nn1. The number of esters is 1. The van der Waals surface area contributed by atoms with Crippen LogP contribution in [-0.4, -0.2) is 56.2 Å². The van der Waals surface area contributed by atoms with Crippen LogP contribution in [0, 0.1) is 5.92 Å². The Balaban J connectivity index is 2.02. The minimum Gasteiger partial charge on any atom is -0.458 e. The summed E-state index contributed by atoms with van der Waals surface area (Å²) in [6.45, 7) is 16.3. The first-order valence-electron chi connectivity index (χ1n) is 10.4. The van der Waals surface area contributed by atoms with Gasteiger partial charge in [0.2, 0.25) is 0 Å². The smallest absolute Gasteiger partial charge is 0.410 e. The molecule has 1 saturated heterocycles. The van der Waals surface area contributed by atoms with E-state index in [9.17, 15) is 9.59 Å². The first-order chi connectivity index (χ1) is 13.3. The van der Waals surface area contributed by atoms with Gasteiger partial charge in [0.1, 0.15) is 11.2 Å². The summed E-state index contributed by atoms with van der Waals surface area (Å²) >= 11 is 0. The maximum absolute atomic E-state index is 12.6. The van der Waals surface area contributed by atoms with Gasteiger partial charge in [-0.1, -0.05) is 19.1 Å². The Kier molecular flexibility index (Phi) is 6.96. The molecule has 0 spiro atoms. The molecule has 0 saturated carbocycles. The van der Waals surface area contributed by atoms with Crippen LogP contribution in [0.1, 0.15) is 85.9 Å². The fourth-order valence-electron chi connectivity index (χ4n) is 3.35. The molecule has 0 unspecified atom stereocenters. The molecule has 0 aromatic carbocycles. The lowest BCUT2D eigenvalue weighted by molar-refractivity contribution is -0.161. The van der Waals surface area contributed by atoms with Crippen molar-refractivity contribution in [2.75, 3.05) is 13.1 Å². The first-order valence-corrected chi connectivity index (χ1v) is 10.4. The third kappa shape index (κ3) is 6.72. The lowest BCUT2D eigenvalue weighted by Crippen LogP contribution is -2.41. The third-order valence-electron chi connectivity index (χ3n) is 4.66. The van der Waals surface area contributed by atoms with Gasteiger partial charge in [-0.3, -0.25) is 0 Å². The normalized spacial score (nSPS) is 17.3. The zero-order valence-electron chi connectivity index (χ0n) is 19.1. The van der Waals surface area contributed by atoms with E-state index in [4.69, 9.17) is 9.47 Å². The van der Waals surface area contributed by atoms with Crippen molar-refractivity contribution in [2.24, 2.45) is 5.92 Å². The van der Waals surface area contributed by atoms with Gasteiger partial charge in [0.15, 0.2) is 6.04 Å². The molecule has 0 radical (unpaired) electrons. The van der Waals surface area contributed by atoms with E-state index in [-0.39, 0.29) is 23.9 Å². The third-order valence-corrected chi connectivity index (χ3v) is 4.66. The van der Waals surface area contributed by atoms with Gasteiger partial charge in [0, 0.05) is 25.2 Å². The van der Waals surface area contributed by atoms with Crippen molar-refractivity contribution in [1.82, 2.24) is 19.9 Å². The highest BCUT2D eigenvalue weighted by atomic mass is 16.6. The number of hydrogen-bond donors (Lipinski definition) is 0. The topological polar surface area (TPSA) is 86.5 Å². The monoisotopic (exact) mass is 408 g/mol. The molecule has 1 fully saturated rings. The number of hydrogen-bond acceptors (Lipinski definition) is 6. The minimum atomic E-state index is -0.553. The highest BCUT2D eigenvalue weighted by molar-refractivity contribution is 5.74. The van der Waals surface area contributed by atoms with Gasteiger partial charge in [-0.25, -0.2) is 14.3 Å². The Morgan fingerprint density at radius 3 is 2.07 bits per heavy atom. The molecule has 164 valence electrons. The van der Waals surface area contributed by atoms with Crippen LogP contribution < -0.4 is 0 Å². The lowest BCUT2D eigenvalue weighted by Gasteiger charge is -2.32. The predicted molar refractivity (Wildman–Crippen MR) is 110 cm³/mol. The van der Waals surface area contributed by atoms with E-state index < -0.39 is 17.2 Å². The van der Waals surface area contributed by atoms with Crippen molar-refractivity contribution < 1.29 is 19.1 Å². The molecule has 2 heterocycles. The Morgan fingerprint density at radius 1 is 1.03 bits per heavy atom. The van der Waals surface area contributed by atoms with Crippen molar-refractivity contribution in [2.45, 2.75) is 91.4 Å². The number of carbonyl (C=O) groups excluding carboxylic acids is 2. The number of aromatic nitrogens is 3. The number of nitrogens with zero attached hydrogens (tertiary/aromatic N) is 4. The summed E-state index contributed by atoms with van der Waals surface area (Å²) in [7, 11) is 0. The van der Waals surface area contributed by atoms with Gasteiger partial charge >= 0.3 is 12.1 Å². The summed E-state index contributed by atoms with van der Waals surface area (Å²) in [5, 5.41) is 8.55. The molecule has 1 atom stereocenters. The molecule has 8 nitrogen and oxygen atoms in total. The van der Waals surface area contributed by atoms with E-state index in [1.807, 2.05) is 61.6 Å². The van der Waals surface area contributed by atoms with Crippen molar-refractivity contribution in [3.05, 3.63) is 11.9 Å². The Morgan fingerprint density at radius 2 is 1.59 bits per heavy atom. The van der Waals surface area contributed by atoms with Crippen LogP contribution in [0.3, 0.4) is 0 Å². The van der Waals surface area contributed by atoms with Crippen molar-refractivity contribution in [3.8, 4) is 0 Å². The van der Waals surface area contributed by atoms with Crippen LogP contribution in [0.25, 0.3) is 0 Å². The van der Waals surface area contributed by atoms with E-state index in [2.05, 4.69) is 10.3 Å². The lowest BCUT2D eigenvalue weighted by atomic mass is 9.94. The van der Waals surface area contributed by atoms with E-state index in [0.717, 1.165) is 18.5 Å². The average Bonchev–Trinajstić information content (AvgIpc) is 3.00. The maximum atomic E-state index is 12.6. The summed E-state index contributed by atoms with van der Waals surface area (Å²) in [6, 6.07) is -0.516. The second kappa shape index (κ2) is 8.71. The fourth-order valence-corrected chi connectivity index (χ4v) is 3.35. The predicted octanol–water partition coefficient (Wildman–Crippen LogP) is 3.93. The molecule has 8 heteroatoms. The number of likely N-dealkylation sites (tertiary alicyclic amines) is 1. The van der Waals surface area contributed by atoms with Gasteiger partial charge < -0.3 is 14.4 Å². The van der Waals surface area contributed by atoms with Crippen LogP contribution in [0.5, 0.6) is 0 Å². The maximum Gasteiger partial charge on any atom is 0.410 e. The molecule has 1 aromatic heterocycles. The molecular weight excluding hydrogens is 372 g/mol. The first kappa shape index (κ1) is 23.2. The van der Waals surface area contributed by atoms with Crippen LogP contribution >= 0.6 is 0 Å². The average molecular weight is 409 g/mol. The molecule has 1 aliphatic heterocycles. The molecule has 0 bridgehead atoms. The molecule has 0 aliphatic carbocycles. The van der Waals surface area contributed by atoms with Crippen LogP contribution in [0.4, 0.5) is 4.79 Å². The summed E-state index contributed by atoms with van der Waals surface area (Å²) in [4.78, 5) is 26.6. The highest BCUT2D eigenvalue weighted by Crippen LogP contribution is 2.29. The van der Waals surface area contributed by atoms with Crippen molar-refractivity contribution in [3.63, 3.8) is 0 Å². The molecule has 1 aliphatic rings. The number of rotatable bonds is 4. The van der Waals surface area contributed by atoms with Gasteiger partial charge in [0.25, 0.3) is 0 Å². The second-order valence-electron chi connectivity index (χ2n) is 10.1. The standard InChI is InChI=1S/C21H36N4O4/c1-14(2)17(18(26)28-20(3,4)5)25-13-16(22-23-25)15-9-11-24(12-10-15)19(27)29-21(6,7)8/h13-15,17H,9-12H2,1-8H3/t17-/m0/s1. The van der Waals surface area contributed by atoms with Crippen molar-refractivity contribution in [1.29, 1.82) is 0 Å². The Bertz CT molecular complexity index is 707. The summed E-state index contributed by atoms with van der Waals surface area (Å²) in [5.41, 5.74) is -0.199. The molecule has 29 heavy (non-hydrogen) atoms. The molecule has 1 amide bonds. The quantitative estimate of drug-likeness (QED) is 0.702. The number of carbonyl (C=O) groups is 2. The van der Waals surface area contributed by atoms with Gasteiger partial charge in [-0.2, -0.15) is 0 Å². The second-order valence-corrected chi connectivity index (χ2v) is 10.1. The largest absolute Gasteiger partial charge is 0.458 e. The Hall–Kier alpha value is -2.12. The summed E-state index contributed by atoms with van der Waals surface area (Å²) in [6.07, 6.45) is 3.15. The van der Waals surface area contributed by atoms with E-state index in [0.29, 0.717) is 13.1 Å². The number of ether oxygens (including phenoxy) is 2. The van der Waals surface area contributed by atoms with E-state index >= 15 is 0 Å². The summed E-state index contributed by atoms with van der Waals surface area (Å²) < 4.78 is 12.6. The molecule has 2 rings (SSSR count). The van der Waals surface area contributed by atoms with E-state index in [1.54, 1.807) is 9.58 Å². The zero-order chi connectivity index (χ0) is 22.0. The van der Waals surface area contributed by atoms with Crippen LogP contribution in [0.2, 0.25) is 0 Å². The molecule has 0 N–H and O–H groups in total. The summed E-state index contributed by atoms with van der Waals surface area (Å²) in [5.74, 6) is -0.0778. The molecular formula is C21H36N4O4. The van der Waals surface area contributed by atoms with Crippen molar-refractivity contribution >= 4 is 12.1 Å². The Labute approximate surface area is 173 Å².